The number of rotatable bonds is 3. The zero-order valence-electron chi connectivity index (χ0n) is 8.82. The van der Waals surface area contributed by atoms with Gasteiger partial charge in [-0.1, -0.05) is 15.9 Å². The number of ether oxygens (including phenoxy) is 1. The smallest absolute Gasteiger partial charge is 0.420 e. The van der Waals surface area contributed by atoms with Crippen LogP contribution in [0, 0.1) is 0 Å². The molecule has 0 aliphatic carbocycles. The van der Waals surface area contributed by atoms with Crippen LogP contribution in [0.4, 0.5) is 22.0 Å². The largest absolute Gasteiger partial charge is 0.434 e. The SMILES string of the molecule is CC(=O)c1c(Br)ccc(OC(F)F)c1C(F)(F)F. The average molecular weight is 333 g/mol. The van der Waals surface area contributed by atoms with E-state index >= 15 is 0 Å². The van der Waals surface area contributed by atoms with Gasteiger partial charge in [0.05, 0.1) is 0 Å². The minimum absolute atomic E-state index is 0.135. The summed E-state index contributed by atoms with van der Waals surface area (Å²) in [4.78, 5) is 11.2. The second-order valence-corrected chi connectivity index (χ2v) is 4.08. The van der Waals surface area contributed by atoms with Crippen LogP contribution in [0.25, 0.3) is 0 Å². The maximum atomic E-state index is 12.8. The molecule has 1 rings (SSSR count). The van der Waals surface area contributed by atoms with Gasteiger partial charge in [0, 0.05) is 10.0 Å². The summed E-state index contributed by atoms with van der Waals surface area (Å²) in [6.45, 7) is -2.51. The summed E-state index contributed by atoms with van der Waals surface area (Å²) < 4.78 is 66.1. The van der Waals surface area contributed by atoms with Gasteiger partial charge in [-0.2, -0.15) is 22.0 Å². The highest BCUT2D eigenvalue weighted by atomic mass is 79.9. The first-order chi connectivity index (χ1) is 8.14. The predicted octanol–water partition coefficient (Wildman–Crippen LogP) is 4.27. The summed E-state index contributed by atoms with van der Waals surface area (Å²) in [7, 11) is 0. The van der Waals surface area contributed by atoms with Crippen molar-refractivity contribution in [3.05, 3.63) is 27.7 Å². The zero-order valence-corrected chi connectivity index (χ0v) is 10.4. The van der Waals surface area contributed by atoms with Gasteiger partial charge >= 0.3 is 12.8 Å². The molecule has 0 heterocycles. The number of alkyl halides is 5. The van der Waals surface area contributed by atoms with Crippen LogP contribution < -0.4 is 4.74 Å². The molecule has 0 N–H and O–H groups in total. The fraction of sp³-hybridized carbons (Fsp3) is 0.300. The molecule has 0 aliphatic rings. The van der Waals surface area contributed by atoms with Crippen molar-refractivity contribution < 1.29 is 31.5 Å². The van der Waals surface area contributed by atoms with Crippen LogP contribution in [0.15, 0.2) is 16.6 Å². The monoisotopic (exact) mass is 332 g/mol. The molecule has 0 bridgehead atoms. The van der Waals surface area contributed by atoms with Crippen molar-refractivity contribution in [1.29, 1.82) is 0 Å². The Balaban J connectivity index is 3.55. The molecule has 100 valence electrons. The van der Waals surface area contributed by atoms with Crippen LogP contribution >= 0.6 is 15.9 Å². The molecule has 1 aromatic rings. The van der Waals surface area contributed by atoms with E-state index in [1.54, 1.807) is 0 Å². The number of carbonyl (C=O) groups is 1. The second kappa shape index (κ2) is 5.21. The third-order valence-electron chi connectivity index (χ3n) is 1.97. The molecule has 0 radical (unpaired) electrons. The summed E-state index contributed by atoms with van der Waals surface area (Å²) in [5.41, 5.74) is -2.25. The molecule has 0 unspecified atom stereocenters. The number of benzene rings is 1. The molecule has 1 aromatic carbocycles. The van der Waals surface area contributed by atoms with Gasteiger partial charge in [0.1, 0.15) is 11.3 Å². The third-order valence-corrected chi connectivity index (χ3v) is 2.63. The molecule has 0 atom stereocenters. The molecular formula is C10H6BrF5O2. The second-order valence-electron chi connectivity index (χ2n) is 3.23. The molecule has 8 heteroatoms. The molecule has 0 aromatic heterocycles. The first-order valence-corrected chi connectivity index (χ1v) is 5.29. The normalized spacial score (nSPS) is 11.8. The Hall–Kier alpha value is -1.18. The van der Waals surface area contributed by atoms with Crippen molar-refractivity contribution in [3.63, 3.8) is 0 Å². The van der Waals surface area contributed by atoms with E-state index in [1.165, 1.54) is 0 Å². The van der Waals surface area contributed by atoms with Crippen molar-refractivity contribution in [1.82, 2.24) is 0 Å². The molecule has 0 spiro atoms. The number of hydrogen-bond acceptors (Lipinski definition) is 2. The van der Waals surface area contributed by atoms with Crippen LogP contribution in [-0.4, -0.2) is 12.4 Å². The summed E-state index contributed by atoms with van der Waals surface area (Å²) in [6.07, 6.45) is -4.98. The number of Topliss-reactive ketones (excluding diaryl/α,β-unsaturated/α-hetero) is 1. The fourth-order valence-electron chi connectivity index (χ4n) is 1.38. The first kappa shape index (κ1) is 14.9. The minimum Gasteiger partial charge on any atom is -0.434 e. The van der Waals surface area contributed by atoms with E-state index in [2.05, 4.69) is 20.7 Å². The van der Waals surface area contributed by atoms with Crippen LogP contribution in [0.2, 0.25) is 0 Å². The molecule has 0 saturated carbocycles. The van der Waals surface area contributed by atoms with Gasteiger partial charge in [0.2, 0.25) is 0 Å². The standard InChI is InChI=1S/C10H6BrF5O2/c1-4(17)7-5(11)2-3-6(18-9(12)13)8(7)10(14,15)16/h2-3,9H,1H3. The molecule has 0 fully saturated rings. The van der Waals surface area contributed by atoms with Crippen molar-refractivity contribution in [2.45, 2.75) is 19.7 Å². The summed E-state index contributed by atoms with van der Waals surface area (Å²) in [5, 5.41) is 0. The van der Waals surface area contributed by atoms with Gasteiger partial charge in [0.25, 0.3) is 0 Å². The Kier molecular flexibility index (Phi) is 4.31. The lowest BCUT2D eigenvalue weighted by atomic mass is 10.0. The Bertz CT molecular complexity index is 470. The highest BCUT2D eigenvalue weighted by molar-refractivity contribution is 9.10. The minimum atomic E-state index is -4.98. The number of halogens is 6. The maximum Gasteiger partial charge on any atom is 0.420 e. The van der Waals surface area contributed by atoms with E-state index in [0.717, 1.165) is 19.1 Å². The lowest BCUT2D eigenvalue weighted by Crippen LogP contribution is -2.16. The average Bonchev–Trinajstić information content (AvgIpc) is 2.17. The highest BCUT2D eigenvalue weighted by Crippen LogP contribution is 2.42. The lowest BCUT2D eigenvalue weighted by Gasteiger charge is -2.17. The Morgan fingerprint density at radius 2 is 1.89 bits per heavy atom. The Morgan fingerprint density at radius 1 is 1.33 bits per heavy atom. The van der Waals surface area contributed by atoms with Crippen molar-refractivity contribution in [2.24, 2.45) is 0 Å². The van der Waals surface area contributed by atoms with E-state index in [1.807, 2.05) is 0 Å². The number of ketones is 1. The van der Waals surface area contributed by atoms with Crippen molar-refractivity contribution in [3.8, 4) is 5.75 Å². The first-order valence-electron chi connectivity index (χ1n) is 4.50. The summed E-state index contributed by atoms with van der Waals surface area (Å²) >= 11 is 2.78. The Labute approximate surface area is 107 Å². The highest BCUT2D eigenvalue weighted by Gasteiger charge is 2.39. The van der Waals surface area contributed by atoms with Gasteiger partial charge in [-0.25, -0.2) is 0 Å². The van der Waals surface area contributed by atoms with Crippen molar-refractivity contribution in [2.75, 3.05) is 0 Å². The van der Waals surface area contributed by atoms with E-state index < -0.39 is 35.4 Å². The molecule has 0 saturated heterocycles. The summed E-state index contributed by atoms with van der Waals surface area (Å²) in [5.74, 6) is -1.99. The molecular weight excluding hydrogens is 327 g/mol. The van der Waals surface area contributed by atoms with Gasteiger partial charge < -0.3 is 4.74 Å². The lowest BCUT2D eigenvalue weighted by molar-refractivity contribution is -0.142. The van der Waals surface area contributed by atoms with Crippen LogP contribution in [0.3, 0.4) is 0 Å². The molecule has 18 heavy (non-hydrogen) atoms. The predicted molar refractivity (Wildman–Crippen MR) is 55.8 cm³/mol. The maximum absolute atomic E-state index is 12.8. The molecule has 0 amide bonds. The van der Waals surface area contributed by atoms with Crippen LogP contribution in [0.5, 0.6) is 5.75 Å². The van der Waals surface area contributed by atoms with Gasteiger partial charge in [-0.15, -0.1) is 0 Å². The number of carbonyl (C=O) groups excluding carboxylic acids is 1. The summed E-state index contributed by atoms with van der Waals surface area (Å²) in [6, 6.07) is 1.77. The topological polar surface area (TPSA) is 26.3 Å². The fourth-order valence-corrected chi connectivity index (χ4v) is 1.99. The van der Waals surface area contributed by atoms with Crippen LogP contribution in [-0.2, 0) is 6.18 Å². The Morgan fingerprint density at radius 3 is 2.28 bits per heavy atom. The quantitative estimate of drug-likeness (QED) is 0.610. The molecule has 2 nitrogen and oxygen atoms in total. The van der Waals surface area contributed by atoms with E-state index in [-0.39, 0.29) is 4.47 Å². The van der Waals surface area contributed by atoms with E-state index in [9.17, 15) is 26.7 Å². The zero-order chi connectivity index (χ0) is 14.1. The molecule has 0 aliphatic heterocycles. The van der Waals surface area contributed by atoms with E-state index in [0.29, 0.717) is 0 Å². The van der Waals surface area contributed by atoms with Gasteiger partial charge in [-0.05, 0) is 19.1 Å². The van der Waals surface area contributed by atoms with Gasteiger partial charge in [-0.3, -0.25) is 4.79 Å². The number of hydrogen-bond donors (Lipinski definition) is 0. The van der Waals surface area contributed by atoms with E-state index in [4.69, 9.17) is 0 Å². The van der Waals surface area contributed by atoms with Crippen molar-refractivity contribution >= 4 is 21.7 Å². The third kappa shape index (κ3) is 3.18. The van der Waals surface area contributed by atoms with Crippen LogP contribution in [0.1, 0.15) is 22.8 Å². The van der Waals surface area contributed by atoms with Gasteiger partial charge in [0.15, 0.2) is 5.78 Å².